The van der Waals surface area contributed by atoms with Gasteiger partial charge in [-0.15, -0.1) is 0 Å². The van der Waals surface area contributed by atoms with Crippen molar-refractivity contribution >= 4 is 35.1 Å². The molecule has 0 saturated heterocycles. The number of nitrogens with zero attached hydrogens (tertiary/aromatic N) is 2. The van der Waals surface area contributed by atoms with Gasteiger partial charge in [0.1, 0.15) is 0 Å². The van der Waals surface area contributed by atoms with E-state index < -0.39 is 5.91 Å². The first-order chi connectivity index (χ1) is 20.3. The summed E-state index contributed by atoms with van der Waals surface area (Å²) < 4.78 is 0. The maximum Gasteiger partial charge on any atom is 0.280 e. The van der Waals surface area contributed by atoms with E-state index in [-0.39, 0.29) is 40.5 Å². The highest BCUT2D eigenvalue weighted by Crippen LogP contribution is 2.20. The first kappa shape index (κ1) is 32.0. The van der Waals surface area contributed by atoms with Crippen LogP contribution in [0.15, 0.2) is 60.7 Å². The van der Waals surface area contributed by atoms with Gasteiger partial charge < -0.3 is 22.5 Å². The highest BCUT2D eigenvalue weighted by Gasteiger charge is 2.19. The molecule has 9 nitrogen and oxygen atoms in total. The monoisotopic (exact) mass is 584 g/mol. The normalized spacial score (nSPS) is 11.7. The number of carbonyl (C=O) groups is 1. The predicted molar refractivity (Wildman–Crippen MR) is 169 cm³/mol. The number of aromatic nitrogens is 2. The maximum absolute atomic E-state index is 12.6. The smallest absolute Gasteiger partial charge is 0.280 e. The molecule has 3 rings (SSSR count). The fourth-order valence-electron chi connectivity index (χ4n) is 4.22. The van der Waals surface area contributed by atoms with Gasteiger partial charge in [-0.2, -0.15) is 0 Å². The topological polar surface area (TPSA) is 169 Å². The highest BCUT2D eigenvalue weighted by molar-refractivity contribution is 6.31. The first-order valence-electron chi connectivity index (χ1n) is 13.9. The minimum Gasteiger partial charge on any atom is -0.382 e. The van der Waals surface area contributed by atoms with Crippen LogP contribution in [-0.4, -0.2) is 21.8 Å². The standard InChI is InChI=1S/C32H37ClN8O/c33-28-30(36)40-29(35)27(39-28)31(42)41-32(37)38-26(24-19-13-10-14-20-24)22-16-8-6-4-2-1-3-5-7-15-21-25(34)23-17-11-9-12-18-23/h9-14,17-20,25-26H,5-8,15-16,21-22,34H2,(H4,35,36,40)(H3,37,38,41,42). The number of amides is 1. The Hall–Kier alpha value is -4.57. The second kappa shape index (κ2) is 17.3. The van der Waals surface area contributed by atoms with E-state index in [1.165, 1.54) is 5.56 Å². The van der Waals surface area contributed by atoms with Crippen molar-refractivity contribution in [3.63, 3.8) is 0 Å². The third-order valence-corrected chi connectivity index (χ3v) is 6.74. The molecule has 0 bridgehead atoms. The molecule has 0 aliphatic heterocycles. The van der Waals surface area contributed by atoms with E-state index in [9.17, 15) is 4.79 Å². The van der Waals surface area contributed by atoms with Crippen molar-refractivity contribution in [2.24, 2.45) is 5.73 Å². The number of rotatable bonds is 12. The van der Waals surface area contributed by atoms with Crippen molar-refractivity contribution in [3.05, 3.63) is 82.6 Å². The van der Waals surface area contributed by atoms with Crippen molar-refractivity contribution in [2.45, 2.75) is 63.5 Å². The number of guanidine groups is 1. The first-order valence-corrected chi connectivity index (χ1v) is 14.3. The number of nitrogens with one attached hydrogen (secondary N) is 3. The lowest BCUT2D eigenvalue weighted by atomic mass is 10.0. The molecule has 218 valence electrons. The van der Waals surface area contributed by atoms with E-state index in [1.807, 2.05) is 48.5 Å². The summed E-state index contributed by atoms with van der Waals surface area (Å²) in [6.45, 7) is 0. The molecule has 3 aromatic rings. The Morgan fingerprint density at radius 1 is 0.833 bits per heavy atom. The minimum absolute atomic E-state index is 0.0726. The Bertz CT molecular complexity index is 1440. The lowest BCUT2D eigenvalue weighted by Crippen LogP contribution is -2.42. The van der Waals surface area contributed by atoms with Crippen LogP contribution in [0, 0.1) is 29.1 Å². The van der Waals surface area contributed by atoms with Gasteiger partial charge in [-0.25, -0.2) is 9.97 Å². The Kier molecular flexibility index (Phi) is 13.2. The molecule has 1 aromatic heterocycles. The van der Waals surface area contributed by atoms with Crippen molar-refractivity contribution < 1.29 is 4.79 Å². The van der Waals surface area contributed by atoms with Crippen LogP contribution >= 0.6 is 11.6 Å². The zero-order valence-electron chi connectivity index (χ0n) is 23.5. The van der Waals surface area contributed by atoms with E-state index in [0.29, 0.717) is 0 Å². The van der Waals surface area contributed by atoms with E-state index in [2.05, 4.69) is 56.4 Å². The van der Waals surface area contributed by atoms with Crippen LogP contribution < -0.4 is 27.8 Å². The van der Waals surface area contributed by atoms with Crippen molar-refractivity contribution in [1.82, 2.24) is 20.6 Å². The molecule has 0 aliphatic carbocycles. The summed E-state index contributed by atoms with van der Waals surface area (Å²) in [5.41, 5.74) is 19.5. The maximum atomic E-state index is 12.6. The van der Waals surface area contributed by atoms with Crippen LogP contribution in [0.1, 0.15) is 85.1 Å². The Morgan fingerprint density at radius 2 is 1.40 bits per heavy atom. The fourth-order valence-corrected chi connectivity index (χ4v) is 4.35. The molecule has 42 heavy (non-hydrogen) atoms. The summed E-state index contributed by atoms with van der Waals surface area (Å²) in [4.78, 5) is 20.3. The average molecular weight is 585 g/mol. The molecule has 2 unspecified atom stereocenters. The van der Waals surface area contributed by atoms with Crippen LogP contribution in [-0.2, 0) is 0 Å². The second-order valence-electron chi connectivity index (χ2n) is 9.68. The lowest BCUT2D eigenvalue weighted by molar-refractivity contribution is 0.0971. The summed E-state index contributed by atoms with van der Waals surface area (Å²) in [5.74, 6) is 11.0. The van der Waals surface area contributed by atoms with Crippen molar-refractivity contribution in [3.8, 4) is 23.7 Å². The van der Waals surface area contributed by atoms with Gasteiger partial charge in [-0.1, -0.05) is 96.9 Å². The highest BCUT2D eigenvalue weighted by atomic mass is 35.5. The molecule has 0 aliphatic rings. The van der Waals surface area contributed by atoms with E-state index in [4.69, 9.17) is 34.2 Å². The van der Waals surface area contributed by atoms with Gasteiger partial charge in [0.15, 0.2) is 28.4 Å². The predicted octanol–water partition coefficient (Wildman–Crippen LogP) is 5.12. The van der Waals surface area contributed by atoms with Crippen molar-refractivity contribution in [1.29, 1.82) is 5.41 Å². The number of anilines is 2. The number of nitrogens with two attached hydrogens (primary N) is 3. The molecule has 1 heterocycles. The van der Waals surface area contributed by atoms with Crippen LogP contribution in [0.25, 0.3) is 0 Å². The summed E-state index contributed by atoms with van der Waals surface area (Å²) in [7, 11) is 0. The van der Waals surface area contributed by atoms with Gasteiger partial charge in [0.05, 0.1) is 6.04 Å². The van der Waals surface area contributed by atoms with Crippen LogP contribution in [0.5, 0.6) is 0 Å². The van der Waals surface area contributed by atoms with Crippen LogP contribution in [0.2, 0.25) is 5.15 Å². The Balaban J connectivity index is 1.39. The molecule has 1 amide bonds. The fraction of sp³-hybridized carbons (Fsp3) is 0.312. The van der Waals surface area contributed by atoms with Gasteiger partial charge in [0.25, 0.3) is 5.91 Å². The van der Waals surface area contributed by atoms with Crippen LogP contribution in [0.4, 0.5) is 11.6 Å². The van der Waals surface area contributed by atoms with E-state index >= 15 is 0 Å². The van der Waals surface area contributed by atoms with E-state index in [0.717, 1.165) is 56.9 Å². The SMILES string of the molecule is N=C(NC(=O)c1nc(Cl)c(N)nc1N)NC(CCCCC#CC#CCCCCC(N)c1ccccc1)c1ccccc1. The van der Waals surface area contributed by atoms with Crippen LogP contribution in [0.3, 0.4) is 0 Å². The molecule has 9 N–H and O–H groups in total. The zero-order valence-corrected chi connectivity index (χ0v) is 24.3. The molecule has 0 fully saturated rings. The number of halogens is 1. The number of benzene rings is 2. The van der Waals surface area contributed by atoms with Gasteiger partial charge in [0, 0.05) is 18.9 Å². The second-order valence-corrected chi connectivity index (χ2v) is 10.0. The minimum atomic E-state index is -0.710. The molecule has 0 saturated carbocycles. The summed E-state index contributed by atoms with van der Waals surface area (Å²) in [6, 6.07) is 19.8. The van der Waals surface area contributed by atoms with Crippen molar-refractivity contribution in [2.75, 3.05) is 11.5 Å². The van der Waals surface area contributed by atoms with Gasteiger partial charge >= 0.3 is 0 Å². The molecular weight excluding hydrogens is 548 g/mol. The molecule has 0 spiro atoms. The number of hydrogen-bond donors (Lipinski definition) is 6. The third kappa shape index (κ3) is 10.8. The molecule has 0 radical (unpaired) electrons. The quantitative estimate of drug-likeness (QED) is 0.0743. The molecule has 10 heteroatoms. The Labute approximate surface area is 252 Å². The molecule has 2 aromatic carbocycles. The molecular formula is C32H37ClN8O. The number of nitrogen functional groups attached to an aromatic ring is 2. The Morgan fingerprint density at radius 3 is 2.02 bits per heavy atom. The lowest BCUT2D eigenvalue weighted by Gasteiger charge is -2.21. The summed E-state index contributed by atoms with van der Waals surface area (Å²) in [5, 5.41) is 13.7. The summed E-state index contributed by atoms with van der Waals surface area (Å²) >= 11 is 5.87. The van der Waals surface area contributed by atoms with Gasteiger partial charge in [-0.3, -0.25) is 15.5 Å². The largest absolute Gasteiger partial charge is 0.382 e. The number of carbonyl (C=O) groups excluding carboxylic acids is 1. The van der Waals surface area contributed by atoms with Gasteiger partial charge in [-0.05, 0) is 48.7 Å². The third-order valence-electron chi connectivity index (χ3n) is 6.46. The summed E-state index contributed by atoms with van der Waals surface area (Å²) in [6.07, 6.45) is 7.01. The number of hydrogen-bond acceptors (Lipinski definition) is 7. The number of unbranched alkanes of at least 4 members (excludes halogenated alkanes) is 4. The average Bonchev–Trinajstić information content (AvgIpc) is 2.99. The molecule has 2 atom stereocenters. The zero-order chi connectivity index (χ0) is 30.2. The van der Waals surface area contributed by atoms with E-state index in [1.54, 1.807) is 0 Å². The van der Waals surface area contributed by atoms with Gasteiger partial charge in [0.2, 0.25) is 0 Å².